The van der Waals surface area contributed by atoms with Gasteiger partial charge in [-0.15, -0.1) is 0 Å². The van der Waals surface area contributed by atoms with Crippen LogP contribution in [-0.4, -0.2) is 42.1 Å². The SMILES string of the molecule is CCOc1cc(N)cc(C(=O)OCC(O)CO)c1. The zero-order chi connectivity index (χ0) is 13.5. The van der Waals surface area contributed by atoms with Gasteiger partial charge in [0.2, 0.25) is 0 Å². The van der Waals surface area contributed by atoms with Crippen LogP contribution in [0.25, 0.3) is 0 Å². The van der Waals surface area contributed by atoms with E-state index < -0.39 is 18.7 Å². The predicted octanol–water partition coefficient (Wildman–Crippen LogP) is 0.177. The molecule has 1 rings (SSSR count). The van der Waals surface area contributed by atoms with Crippen LogP contribution < -0.4 is 10.5 Å². The van der Waals surface area contributed by atoms with Gasteiger partial charge in [0.15, 0.2) is 0 Å². The molecule has 0 amide bonds. The summed E-state index contributed by atoms with van der Waals surface area (Å²) in [5, 5.41) is 17.7. The molecule has 0 aliphatic heterocycles. The standard InChI is InChI=1S/C12H17NO5/c1-2-17-11-4-8(3-9(13)5-11)12(16)18-7-10(15)6-14/h3-5,10,14-15H,2,6-7,13H2,1H3. The van der Waals surface area contributed by atoms with Crippen molar-refractivity contribution in [3.05, 3.63) is 23.8 Å². The number of aliphatic hydroxyl groups is 2. The quantitative estimate of drug-likeness (QED) is 0.495. The average molecular weight is 255 g/mol. The molecular weight excluding hydrogens is 238 g/mol. The van der Waals surface area contributed by atoms with Crippen molar-refractivity contribution in [1.29, 1.82) is 0 Å². The maximum Gasteiger partial charge on any atom is 0.338 e. The Morgan fingerprint density at radius 3 is 2.78 bits per heavy atom. The average Bonchev–Trinajstić information content (AvgIpc) is 2.35. The molecule has 18 heavy (non-hydrogen) atoms. The minimum absolute atomic E-state index is 0.239. The van der Waals surface area contributed by atoms with Gasteiger partial charge in [-0.3, -0.25) is 0 Å². The Hall–Kier alpha value is -1.79. The minimum atomic E-state index is -1.08. The van der Waals surface area contributed by atoms with E-state index in [1.165, 1.54) is 12.1 Å². The third-order valence-electron chi connectivity index (χ3n) is 2.09. The van der Waals surface area contributed by atoms with Crippen molar-refractivity contribution in [2.24, 2.45) is 0 Å². The van der Waals surface area contributed by atoms with Crippen molar-refractivity contribution < 1.29 is 24.5 Å². The summed E-state index contributed by atoms with van der Waals surface area (Å²) in [5.41, 5.74) is 6.26. The zero-order valence-electron chi connectivity index (χ0n) is 10.1. The minimum Gasteiger partial charge on any atom is -0.494 e. The van der Waals surface area contributed by atoms with Crippen molar-refractivity contribution in [1.82, 2.24) is 0 Å². The van der Waals surface area contributed by atoms with Crippen LogP contribution >= 0.6 is 0 Å². The van der Waals surface area contributed by atoms with Crippen LogP contribution in [0.3, 0.4) is 0 Å². The van der Waals surface area contributed by atoms with Gasteiger partial charge in [-0.05, 0) is 19.1 Å². The molecule has 100 valence electrons. The summed E-state index contributed by atoms with van der Waals surface area (Å²) in [6.45, 7) is 1.54. The van der Waals surface area contributed by atoms with Crippen LogP contribution in [-0.2, 0) is 4.74 Å². The molecule has 0 saturated carbocycles. The molecule has 0 radical (unpaired) electrons. The van der Waals surface area contributed by atoms with Crippen LogP contribution in [0.2, 0.25) is 0 Å². The molecule has 0 bridgehead atoms. The second kappa shape index (κ2) is 6.83. The van der Waals surface area contributed by atoms with Gasteiger partial charge in [0, 0.05) is 11.8 Å². The second-order valence-electron chi connectivity index (χ2n) is 3.66. The van der Waals surface area contributed by atoms with Crippen LogP contribution in [0.15, 0.2) is 18.2 Å². The van der Waals surface area contributed by atoms with E-state index in [0.29, 0.717) is 18.0 Å². The Kier molecular flexibility index (Phi) is 5.41. The lowest BCUT2D eigenvalue weighted by atomic mass is 10.2. The van der Waals surface area contributed by atoms with E-state index in [2.05, 4.69) is 0 Å². The summed E-state index contributed by atoms with van der Waals surface area (Å²) in [5.74, 6) is -0.150. The molecule has 0 fully saturated rings. The van der Waals surface area contributed by atoms with Gasteiger partial charge >= 0.3 is 5.97 Å². The Bertz CT molecular complexity index is 407. The van der Waals surface area contributed by atoms with Crippen LogP contribution in [0.1, 0.15) is 17.3 Å². The van der Waals surface area contributed by atoms with E-state index in [4.69, 9.17) is 25.4 Å². The maximum atomic E-state index is 11.6. The van der Waals surface area contributed by atoms with Crippen molar-refractivity contribution in [2.45, 2.75) is 13.0 Å². The number of aliphatic hydroxyl groups excluding tert-OH is 2. The van der Waals surface area contributed by atoms with E-state index in [0.717, 1.165) is 0 Å². The molecule has 1 aromatic rings. The molecule has 6 nitrogen and oxygen atoms in total. The molecule has 0 aliphatic carbocycles. The van der Waals surface area contributed by atoms with Crippen LogP contribution in [0.4, 0.5) is 5.69 Å². The molecule has 0 spiro atoms. The van der Waals surface area contributed by atoms with E-state index >= 15 is 0 Å². The predicted molar refractivity (Wildman–Crippen MR) is 65.4 cm³/mol. The summed E-state index contributed by atoms with van der Waals surface area (Å²) in [6.07, 6.45) is -1.08. The number of ether oxygens (including phenoxy) is 2. The molecule has 1 aromatic carbocycles. The summed E-state index contributed by atoms with van der Waals surface area (Å²) in [4.78, 5) is 11.6. The molecule has 0 saturated heterocycles. The van der Waals surface area contributed by atoms with Crippen LogP contribution in [0, 0.1) is 0 Å². The molecular formula is C12H17NO5. The number of carbonyl (C=O) groups is 1. The monoisotopic (exact) mass is 255 g/mol. The number of hydrogen-bond donors (Lipinski definition) is 3. The number of rotatable bonds is 6. The van der Waals surface area contributed by atoms with Crippen molar-refractivity contribution in [3.63, 3.8) is 0 Å². The summed E-state index contributed by atoms with van der Waals surface area (Å²) in [6, 6.07) is 4.56. The molecule has 1 unspecified atom stereocenters. The number of benzene rings is 1. The third kappa shape index (κ3) is 4.23. The van der Waals surface area contributed by atoms with Gasteiger partial charge in [-0.1, -0.05) is 0 Å². The fraction of sp³-hybridized carbons (Fsp3) is 0.417. The lowest BCUT2D eigenvalue weighted by molar-refractivity contribution is 0.00931. The van der Waals surface area contributed by atoms with E-state index in [-0.39, 0.29) is 12.2 Å². The van der Waals surface area contributed by atoms with Gasteiger partial charge in [-0.2, -0.15) is 0 Å². The number of hydrogen-bond acceptors (Lipinski definition) is 6. The smallest absolute Gasteiger partial charge is 0.338 e. The molecule has 4 N–H and O–H groups in total. The highest BCUT2D eigenvalue weighted by Crippen LogP contribution is 2.19. The number of esters is 1. The van der Waals surface area contributed by atoms with Gasteiger partial charge in [0.25, 0.3) is 0 Å². The Morgan fingerprint density at radius 1 is 1.44 bits per heavy atom. The van der Waals surface area contributed by atoms with Crippen molar-refractivity contribution >= 4 is 11.7 Å². The van der Waals surface area contributed by atoms with Crippen LogP contribution in [0.5, 0.6) is 5.75 Å². The van der Waals surface area contributed by atoms with Gasteiger partial charge in [0.05, 0.1) is 18.8 Å². The summed E-state index contributed by atoms with van der Waals surface area (Å²) >= 11 is 0. The number of carbonyl (C=O) groups excluding carboxylic acids is 1. The fourth-order valence-electron chi connectivity index (χ4n) is 1.30. The molecule has 0 aromatic heterocycles. The second-order valence-corrected chi connectivity index (χ2v) is 3.66. The maximum absolute atomic E-state index is 11.6. The molecule has 0 heterocycles. The summed E-state index contributed by atoms with van der Waals surface area (Å²) in [7, 11) is 0. The third-order valence-corrected chi connectivity index (χ3v) is 2.09. The highest BCUT2D eigenvalue weighted by Gasteiger charge is 2.12. The number of anilines is 1. The van der Waals surface area contributed by atoms with E-state index in [9.17, 15) is 4.79 Å². The Balaban J connectivity index is 2.72. The number of nitrogens with two attached hydrogens (primary N) is 1. The molecule has 6 heteroatoms. The first kappa shape index (κ1) is 14.3. The molecule has 0 aliphatic rings. The van der Waals surface area contributed by atoms with E-state index in [1.807, 2.05) is 6.92 Å². The topological polar surface area (TPSA) is 102 Å². The Morgan fingerprint density at radius 2 is 2.17 bits per heavy atom. The van der Waals surface area contributed by atoms with Crippen molar-refractivity contribution in [2.75, 3.05) is 25.6 Å². The first-order valence-electron chi connectivity index (χ1n) is 5.56. The highest BCUT2D eigenvalue weighted by atomic mass is 16.5. The normalized spacial score (nSPS) is 11.9. The number of nitrogen functional groups attached to an aromatic ring is 1. The van der Waals surface area contributed by atoms with Gasteiger partial charge in [0.1, 0.15) is 18.5 Å². The zero-order valence-corrected chi connectivity index (χ0v) is 10.1. The summed E-state index contributed by atoms with van der Waals surface area (Å²) < 4.78 is 10.1. The van der Waals surface area contributed by atoms with Crippen molar-refractivity contribution in [3.8, 4) is 5.75 Å². The fourth-order valence-corrected chi connectivity index (χ4v) is 1.30. The van der Waals surface area contributed by atoms with Gasteiger partial charge in [-0.25, -0.2) is 4.79 Å². The van der Waals surface area contributed by atoms with Gasteiger partial charge < -0.3 is 25.4 Å². The Labute approximate surface area is 105 Å². The highest BCUT2D eigenvalue weighted by molar-refractivity contribution is 5.91. The van der Waals surface area contributed by atoms with E-state index in [1.54, 1.807) is 6.07 Å². The lowest BCUT2D eigenvalue weighted by Crippen LogP contribution is -2.22. The molecule has 1 atom stereocenters. The first-order valence-corrected chi connectivity index (χ1v) is 5.56. The largest absolute Gasteiger partial charge is 0.494 e. The lowest BCUT2D eigenvalue weighted by Gasteiger charge is -2.10. The first-order chi connectivity index (χ1) is 8.56.